The van der Waals surface area contributed by atoms with Crippen LogP contribution < -0.4 is 4.74 Å². The van der Waals surface area contributed by atoms with Gasteiger partial charge in [-0.2, -0.15) is 0 Å². The maximum atomic E-state index is 9.49. The number of pyridine rings is 1. The second-order valence-electron chi connectivity index (χ2n) is 5.61. The lowest BCUT2D eigenvalue weighted by Crippen LogP contribution is -2.15. The summed E-state index contributed by atoms with van der Waals surface area (Å²) >= 11 is 0. The molecule has 1 N–H and O–H groups in total. The van der Waals surface area contributed by atoms with Gasteiger partial charge >= 0.3 is 0 Å². The molecule has 0 atom stereocenters. The monoisotopic (exact) mass is 271 g/mol. The van der Waals surface area contributed by atoms with Gasteiger partial charge in [-0.25, -0.2) is 4.98 Å². The molecule has 0 saturated heterocycles. The van der Waals surface area contributed by atoms with Crippen molar-refractivity contribution in [1.82, 2.24) is 4.98 Å². The van der Waals surface area contributed by atoms with Gasteiger partial charge in [-0.3, -0.25) is 0 Å². The van der Waals surface area contributed by atoms with Crippen LogP contribution >= 0.6 is 0 Å². The van der Waals surface area contributed by atoms with Crippen LogP contribution in [0.2, 0.25) is 0 Å². The number of rotatable bonds is 4. The molecule has 0 bridgehead atoms. The number of fused-ring (bicyclic) bond motifs is 1. The molecule has 0 unspecified atom stereocenters. The van der Waals surface area contributed by atoms with Gasteiger partial charge in [0.25, 0.3) is 0 Å². The first kappa shape index (κ1) is 13.4. The van der Waals surface area contributed by atoms with Crippen molar-refractivity contribution in [3.8, 4) is 5.88 Å². The van der Waals surface area contributed by atoms with E-state index < -0.39 is 0 Å². The molecule has 0 radical (unpaired) electrons. The van der Waals surface area contributed by atoms with Crippen LogP contribution in [0.25, 0.3) is 10.9 Å². The molecule has 1 fully saturated rings. The van der Waals surface area contributed by atoms with Crippen molar-refractivity contribution in [3.63, 3.8) is 0 Å². The van der Waals surface area contributed by atoms with E-state index in [0.717, 1.165) is 23.1 Å². The van der Waals surface area contributed by atoms with E-state index in [2.05, 4.69) is 4.98 Å². The number of ether oxygens (including phenoxy) is 1. The SMILES string of the molecule is OCc1cc(OCC2CCCCC2)nc2ccccc12. The molecule has 2 aromatic rings. The number of benzene rings is 1. The molecule has 1 heterocycles. The smallest absolute Gasteiger partial charge is 0.214 e. The van der Waals surface area contributed by atoms with E-state index in [1.54, 1.807) is 0 Å². The Labute approximate surface area is 119 Å². The summed E-state index contributed by atoms with van der Waals surface area (Å²) < 4.78 is 5.87. The Morgan fingerprint density at radius 2 is 1.95 bits per heavy atom. The molecule has 1 aliphatic rings. The predicted octanol–water partition coefficient (Wildman–Crippen LogP) is 3.69. The maximum absolute atomic E-state index is 9.49. The third-order valence-electron chi connectivity index (χ3n) is 4.14. The van der Waals surface area contributed by atoms with Crippen molar-refractivity contribution in [1.29, 1.82) is 0 Å². The van der Waals surface area contributed by atoms with Crippen LogP contribution in [0.5, 0.6) is 5.88 Å². The van der Waals surface area contributed by atoms with Crippen molar-refractivity contribution in [2.75, 3.05) is 6.61 Å². The summed E-state index contributed by atoms with van der Waals surface area (Å²) in [5, 5.41) is 10.5. The fourth-order valence-corrected chi connectivity index (χ4v) is 2.98. The van der Waals surface area contributed by atoms with Crippen molar-refractivity contribution in [2.24, 2.45) is 5.92 Å². The predicted molar refractivity (Wildman–Crippen MR) is 79.7 cm³/mol. The number of aromatic nitrogens is 1. The quantitative estimate of drug-likeness (QED) is 0.922. The highest BCUT2D eigenvalue weighted by atomic mass is 16.5. The van der Waals surface area contributed by atoms with Gasteiger partial charge in [-0.15, -0.1) is 0 Å². The van der Waals surface area contributed by atoms with Crippen LogP contribution in [0.3, 0.4) is 0 Å². The standard InChI is InChI=1S/C17H21NO2/c19-11-14-10-17(18-16-9-5-4-8-15(14)16)20-12-13-6-2-1-3-7-13/h4-5,8-10,13,19H,1-3,6-7,11-12H2. The van der Waals surface area contributed by atoms with E-state index in [9.17, 15) is 5.11 Å². The third-order valence-corrected chi connectivity index (χ3v) is 4.14. The average Bonchev–Trinajstić information content (AvgIpc) is 2.53. The molecule has 3 rings (SSSR count). The lowest BCUT2D eigenvalue weighted by molar-refractivity contribution is 0.202. The molecule has 106 valence electrons. The van der Waals surface area contributed by atoms with Crippen LogP contribution in [-0.2, 0) is 6.61 Å². The van der Waals surface area contributed by atoms with Gasteiger partial charge in [0.2, 0.25) is 5.88 Å². The normalized spacial score (nSPS) is 16.4. The van der Waals surface area contributed by atoms with Gasteiger partial charge in [0.1, 0.15) is 0 Å². The van der Waals surface area contributed by atoms with Gasteiger partial charge in [0, 0.05) is 11.5 Å². The highest BCUT2D eigenvalue weighted by Crippen LogP contribution is 2.26. The Hall–Kier alpha value is -1.61. The zero-order chi connectivity index (χ0) is 13.8. The number of hydrogen-bond acceptors (Lipinski definition) is 3. The molecule has 1 aromatic carbocycles. The summed E-state index contributed by atoms with van der Waals surface area (Å²) in [4.78, 5) is 4.53. The van der Waals surface area contributed by atoms with Crippen molar-refractivity contribution in [3.05, 3.63) is 35.9 Å². The molecule has 0 amide bonds. The Morgan fingerprint density at radius 1 is 1.15 bits per heavy atom. The number of nitrogens with zero attached hydrogens (tertiary/aromatic N) is 1. The summed E-state index contributed by atoms with van der Waals surface area (Å²) in [5.74, 6) is 1.30. The Bertz CT molecular complexity index is 576. The summed E-state index contributed by atoms with van der Waals surface area (Å²) in [7, 11) is 0. The first-order chi connectivity index (χ1) is 9.86. The van der Waals surface area contributed by atoms with Crippen molar-refractivity contribution < 1.29 is 9.84 Å². The number of hydrogen-bond donors (Lipinski definition) is 1. The first-order valence-electron chi connectivity index (χ1n) is 7.49. The second-order valence-corrected chi connectivity index (χ2v) is 5.61. The molecule has 1 aliphatic carbocycles. The minimum Gasteiger partial charge on any atom is -0.477 e. The highest BCUT2D eigenvalue weighted by Gasteiger charge is 2.14. The Balaban J connectivity index is 1.77. The van der Waals surface area contributed by atoms with E-state index >= 15 is 0 Å². The molecule has 0 aliphatic heterocycles. The lowest BCUT2D eigenvalue weighted by Gasteiger charge is -2.21. The zero-order valence-corrected chi connectivity index (χ0v) is 11.7. The molecule has 3 nitrogen and oxygen atoms in total. The fourth-order valence-electron chi connectivity index (χ4n) is 2.98. The van der Waals surface area contributed by atoms with Gasteiger partial charge in [-0.05, 0) is 30.4 Å². The van der Waals surface area contributed by atoms with Gasteiger partial charge < -0.3 is 9.84 Å². The number of aliphatic hydroxyl groups is 1. The van der Waals surface area contributed by atoms with Gasteiger partial charge in [-0.1, -0.05) is 37.5 Å². The summed E-state index contributed by atoms with van der Waals surface area (Å²) in [6.07, 6.45) is 6.53. The topological polar surface area (TPSA) is 42.4 Å². The van der Waals surface area contributed by atoms with Crippen LogP contribution in [0.1, 0.15) is 37.7 Å². The molecule has 1 aromatic heterocycles. The Kier molecular flexibility index (Phi) is 4.16. The molecule has 1 saturated carbocycles. The molecule has 3 heteroatoms. The van der Waals surface area contributed by atoms with Crippen molar-refractivity contribution >= 4 is 10.9 Å². The molecule has 20 heavy (non-hydrogen) atoms. The van der Waals surface area contributed by atoms with Crippen LogP contribution in [-0.4, -0.2) is 16.7 Å². The molecule has 0 spiro atoms. The van der Waals surface area contributed by atoms with Crippen LogP contribution in [0.15, 0.2) is 30.3 Å². The Morgan fingerprint density at radius 3 is 2.75 bits per heavy atom. The van der Waals surface area contributed by atoms with Gasteiger partial charge in [0.05, 0.1) is 18.7 Å². The number of aliphatic hydroxyl groups excluding tert-OH is 1. The van der Waals surface area contributed by atoms with Crippen molar-refractivity contribution in [2.45, 2.75) is 38.7 Å². The summed E-state index contributed by atoms with van der Waals surface area (Å²) in [6, 6.07) is 9.74. The van der Waals surface area contributed by atoms with E-state index in [4.69, 9.17) is 4.74 Å². The fraction of sp³-hybridized carbons (Fsp3) is 0.471. The van der Waals surface area contributed by atoms with E-state index in [-0.39, 0.29) is 6.61 Å². The molecular formula is C17H21NO2. The molecular weight excluding hydrogens is 250 g/mol. The highest BCUT2D eigenvalue weighted by molar-refractivity contribution is 5.82. The first-order valence-corrected chi connectivity index (χ1v) is 7.49. The number of para-hydroxylation sites is 1. The second kappa shape index (κ2) is 6.23. The van der Waals surface area contributed by atoms with E-state index in [0.29, 0.717) is 11.8 Å². The van der Waals surface area contributed by atoms with Crippen LogP contribution in [0, 0.1) is 5.92 Å². The van der Waals surface area contributed by atoms with Crippen LogP contribution in [0.4, 0.5) is 0 Å². The summed E-state index contributed by atoms with van der Waals surface area (Å²) in [6.45, 7) is 0.763. The largest absolute Gasteiger partial charge is 0.477 e. The average molecular weight is 271 g/mol. The zero-order valence-electron chi connectivity index (χ0n) is 11.7. The van der Waals surface area contributed by atoms with Gasteiger partial charge in [0.15, 0.2) is 0 Å². The minimum atomic E-state index is 0.0167. The minimum absolute atomic E-state index is 0.0167. The maximum Gasteiger partial charge on any atom is 0.214 e. The lowest BCUT2D eigenvalue weighted by atomic mass is 9.90. The van der Waals surface area contributed by atoms with E-state index in [1.165, 1.54) is 32.1 Å². The van der Waals surface area contributed by atoms with E-state index in [1.807, 2.05) is 30.3 Å². The summed E-state index contributed by atoms with van der Waals surface area (Å²) in [5.41, 5.74) is 1.77. The third kappa shape index (κ3) is 2.93.